The number of hydrogen-bond acceptors (Lipinski definition) is 4. The average molecular weight is 335 g/mol. The number of piperidine rings is 2. The Balaban J connectivity index is 1.51. The van der Waals surface area contributed by atoms with Crippen LogP contribution in [0.2, 0.25) is 0 Å². The predicted octanol–water partition coefficient (Wildman–Crippen LogP) is 3.29. The molecule has 4 heteroatoms. The van der Waals surface area contributed by atoms with E-state index in [1.165, 1.54) is 44.7 Å². The summed E-state index contributed by atoms with van der Waals surface area (Å²) in [7, 11) is 1.73. The van der Waals surface area contributed by atoms with E-state index in [2.05, 4.69) is 33.0 Å². The third-order valence-corrected chi connectivity index (χ3v) is 6.14. The lowest BCUT2D eigenvalue weighted by atomic mass is 9.84. The van der Waals surface area contributed by atoms with Gasteiger partial charge in [-0.05, 0) is 36.8 Å². The topological polar surface area (TPSA) is 28.6 Å². The summed E-state index contributed by atoms with van der Waals surface area (Å²) in [5.74, 6) is 2.61. The van der Waals surface area contributed by atoms with Gasteiger partial charge in [-0.2, -0.15) is 0 Å². The van der Waals surface area contributed by atoms with Crippen molar-refractivity contribution in [2.24, 2.45) is 11.8 Å². The number of benzene rings is 1. The molecule has 4 fully saturated rings. The van der Waals surface area contributed by atoms with Crippen molar-refractivity contribution in [1.82, 2.24) is 9.88 Å². The van der Waals surface area contributed by atoms with Gasteiger partial charge in [0.15, 0.2) is 0 Å². The van der Waals surface area contributed by atoms with Crippen molar-refractivity contribution in [3.63, 3.8) is 0 Å². The lowest BCUT2D eigenvalue weighted by Crippen LogP contribution is -2.49. The van der Waals surface area contributed by atoms with E-state index in [4.69, 9.17) is 4.74 Å². The standard InChI is InChI=1S/C21H25N3O/c1-25-21-5-3-2-4-20(21)17-8-18(10-22-9-17)24-13-16-6-15-7-19(24)14-23(11-15)12-16/h2-5,8-10,15-16,19H,6-7,11-14H2,1H3. The Bertz CT molecular complexity index is 763. The minimum atomic E-state index is 0.640. The van der Waals surface area contributed by atoms with Gasteiger partial charge in [0.2, 0.25) is 0 Å². The first kappa shape index (κ1) is 15.2. The third kappa shape index (κ3) is 2.69. The first-order valence-electron chi connectivity index (χ1n) is 9.37. The van der Waals surface area contributed by atoms with E-state index >= 15 is 0 Å². The molecule has 4 aliphatic rings. The van der Waals surface area contributed by atoms with Gasteiger partial charge in [0.05, 0.1) is 19.0 Å². The maximum Gasteiger partial charge on any atom is 0.126 e. The number of nitrogens with zero attached hydrogens (tertiary/aromatic N) is 3. The molecular weight excluding hydrogens is 310 g/mol. The molecule has 4 nitrogen and oxygen atoms in total. The summed E-state index contributed by atoms with van der Waals surface area (Å²) in [6.45, 7) is 4.99. The van der Waals surface area contributed by atoms with Gasteiger partial charge in [-0.25, -0.2) is 0 Å². The van der Waals surface area contributed by atoms with Crippen LogP contribution in [0.5, 0.6) is 5.75 Å². The van der Waals surface area contributed by atoms with Crippen LogP contribution >= 0.6 is 0 Å². The van der Waals surface area contributed by atoms with Crippen LogP contribution in [0, 0.1) is 11.8 Å². The van der Waals surface area contributed by atoms with Gasteiger partial charge >= 0.3 is 0 Å². The third-order valence-electron chi connectivity index (χ3n) is 6.14. The number of aromatic nitrogens is 1. The van der Waals surface area contributed by atoms with E-state index < -0.39 is 0 Å². The molecule has 1 aromatic carbocycles. The summed E-state index contributed by atoms with van der Waals surface area (Å²) < 4.78 is 5.55. The Morgan fingerprint density at radius 1 is 1.00 bits per heavy atom. The summed E-state index contributed by atoms with van der Waals surface area (Å²) in [5.41, 5.74) is 3.52. The van der Waals surface area contributed by atoms with E-state index in [0.29, 0.717) is 6.04 Å². The van der Waals surface area contributed by atoms with Crippen LogP contribution in [0.25, 0.3) is 11.1 Å². The highest BCUT2D eigenvalue weighted by Gasteiger charge is 2.41. The molecule has 0 amide bonds. The molecule has 0 N–H and O–H groups in total. The molecule has 0 saturated carbocycles. The van der Waals surface area contributed by atoms with Crippen molar-refractivity contribution in [1.29, 1.82) is 0 Å². The highest BCUT2D eigenvalue weighted by atomic mass is 16.5. The monoisotopic (exact) mass is 335 g/mol. The maximum absolute atomic E-state index is 5.55. The first-order chi connectivity index (χ1) is 12.3. The molecule has 25 heavy (non-hydrogen) atoms. The Morgan fingerprint density at radius 3 is 2.76 bits per heavy atom. The van der Waals surface area contributed by atoms with Crippen molar-refractivity contribution in [2.75, 3.05) is 38.2 Å². The zero-order valence-corrected chi connectivity index (χ0v) is 14.8. The number of fused-ring (bicyclic) bond motifs is 1. The van der Waals surface area contributed by atoms with E-state index in [1.807, 2.05) is 24.5 Å². The van der Waals surface area contributed by atoms with Gasteiger partial charge in [0, 0.05) is 49.5 Å². The molecule has 4 saturated heterocycles. The van der Waals surface area contributed by atoms with Gasteiger partial charge in [-0.3, -0.25) is 4.98 Å². The molecule has 0 spiro atoms. The van der Waals surface area contributed by atoms with Gasteiger partial charge < -0.3 is 14.5 Å². The zero-order valence-electron chi connectivity index (χ0n) is 14.8. The van der Waals surface area contributed by atoms with E-state index in [-0.39, 0.29) is 0 Å². The van der Waals surface area contributed by atoms with Gasteiger partial charge in [-0.15, -0.1) is 0 Å². The maximum atomic E-state index is 5.55. The van der Waals surface area contributed by atoms with Crippen LogP contribution in [-0.4, -0.2) is 49.2 Å². The Hall–Kier alpha value is -2.07. The fourth-order valence-electron chi connectivity index (χ4n) is 5.22. The summed E-state index contributed by atoms with van der Waals surface area (Å²) in [6, 6.07) is 11.1. The summed E-state index contributed by atoms with van der Waals surface area (Å²) in [6.07, 6.45) is 6.74. The van der Waals surface area contributed by atoms with Crippen molar-refractivity contribution >= 4 is 5.69 Å². The quantitative estimate of drug-likeness (QED) is 0.861. The minimum Gasteiger partial charge on any atom is -0.496 e. The summed E-state index contributed by atoms with van der Waals surface area (Å²) in [4.78, 5) is 9.90. The first-order valence-corrected chi connectivity index (χ1v) is 9.37. The molecule has 4 aliphatic heterocycles. The number of anilines is 1. The van der Waals surface area contributed by atoms with Crippen molar-refractivity contribution < 1.29 is 4.74 Å². The second-order valence-electron chi connectivity index (χ2n) is 7.86. The SMILES string of the molecule is COc1ccccc1-c1cncc(N2CC3CC4CC2CN(C4)C3)c1. The number of pyridine rings is 1. The van der Waals surface area contributed by atoms with Crippen LogP contribution in [0.1, 0.15) is 12.8 Å². The minimum absolute atomic E-state index is 0.640. The molecule has 130 valence electrons. The number of para-hydroxylation sites is 1. The fraction of sp³-hybridized carbons (Fsp3) is 0.476. The van der Waals surface area contributed by atoms with Gasteiger partial charge in [0.25, 0.3) is 0 Å². The number of rotatable bonds is 3. The van der Waals surface area contributed by atoms with Crippen LogP contribution in [0.3, 0.4) is 0 Å². The molecule has 2 aromatic rings. The van der Waals surface area contributed by atoms with Crippen molar-refractivity contribution in [3.8, 4) is 16.9 Å². The Morgan fingerprint density at radius 2 is 1.88 bits per heavy atom. The summed E-state index contributed by atoms with van der Waals surface area (Å²) in [5, 5.41) is 0. The van der Waals surface area contributed by atoms with E-state index in [0.717, 1.165) is 28.7 Å². The highest BCUT2D eigenvalue weighted by molar-refractivity contribution is 5.72. The molecule has 0 radical (unpaired) electrons. The Kier molecular flexibility index (Phi) is 3.66. The molecule has 6 rings (SSSR count). The van der Waals surface area contributed by atoms with Crippen molar-refractivity contribution in [2.45, 2.75) is 18.9 Å². The summed E-state index contributed by atoms with van der Waals surface area (Å²) >= 11 is 0. The molecule has 4 bridgehead atoms. The predicted molar refractivity (Wildman–Crippen MR) is 100 cm³/mol. The zero-order chi connectivity index (χ0) is 16.8. The molecule has 0 aliphatic carbocycles. The lowest BCUT2D eigenvalue weighted by Gasteiger charge is -2.41. The van der Waals surface area contributed by atoms with E-state index in [1.54, 1.807) is 7.11 Å². The molecular formula is C21H25N3O. The lowest BCUT2D eigenvalue weighted by molar-refractivity contribution is 0.0980. The van der Waals surface area contributed by atoms with Gasteiger partial charge in [-0.1, -0.05) is 18.2 Å². The van der Waals surface area contributed by atoms with Crippen LogP contribution in [0.15, 0.2) is 42.7 Å². The molecule has 1 aromatic heterocycles. The molecule has 5 heterocycles. The van der Waals surface area contributed by atoms with Crippen LogP contribution in [0.4, 0.5) is 5.69 Å². The second-order valence-corrected chi connectivity index (χ2v) is 7.86. The average Bonchev–Trinajstić information content (AvgIpc) is 2.85. The number of hydrogen-bond donors (Lipinski definition) is 0. The highest BCUT2D eigenvalue weighted by Crippen LogP contribution is 2.39. The Labute approximate surface area is 149 Å². The normalized spacial score (nSPS) is 30.4. The van der Waals surface area contributed by atoms with Crippen LogP contribution in [-0.2, 0) is 0 Å². The van der Waals surface area contributed by atoms with Crippen molar-refractivity contribution in [3.05, 3.63) is 42.7 Å². The molecule has 4 atom stereocenters. The number of methoxy groups -OCH3 is 1. The van der Waals surface area contributed by atoms with E-state index in [9.17, 15) is 0 Å². The number of ether oxygens (including phenoxy) is 1. The fourth-order valence-corrected chi connectivity index (χ4v) is 5.22. The molecule has 4 unspecified atom stereocenters. The van der Waals surface area contributed by atoms with Gasteiger partial charge in [0.1, 0.15) is 5.75 Å². The van der Waals surface area contributed by atoms with Crippen LogP contribution < -0.4 is 9.64 Å². The largest absolute Gasteiger partial charge is 0.496 e. The second kappa shape index (κ2) is 6.03. The smallest absolute Gasteiger partial charge is 0.126 e.